The summed E-state index contributed by atoms with van der Waals surface area (Å²) in [6, 6.07) is 6.71. The van der Waals surface area contributed by atoms with Crippen LogP contribution in [0.3, 0.4) is 0 Å². The largest absolute Gasteiger partial charge is 0.271 e. The van der Waals surface area contributed by atoms with Gasteiger partial charge in [-0.25, -0.2) is 0 Å². The number of nitrogens with two attached hydrogens (primary N) is 1. The summed E-state index contributed by atoms with van der Waals surface area (Å²) < 4.78 is 1.18. The zero-order chi connectivity index (χ0) is 13.8. The summed E-state index contributed by atoms with van der Waals surface area (Å²) in [4.78, 5) is 0. The highest BCUT2D eigenvalue weighted by atomic mass is 79.9. The van der Waals surface area contributed by atoms with E-state index in [2.05, 4.69) is 53.4 Å². The first-order valence-corrected chi connectivity index (χ1v) is 8.19. The predicted molar refractivity (Wildman–Crippen MR) is 84.7 cm³/mol. The van der Waals surface area contributed by atoms with Gasteiger partial charge in [-0.3, -0.25) is 11.3 Å². The first kappa shape index (κ1) is 15.0. The Morgan fingerprint density at radius 3 is 2.79 bits per heavy atom. The third-order valence-corrected chi connectivity index (χ3v) is 5.60. The van der Waals surface area contributed by atoms with E-state index in [4.69, 9.17) is 5.84 Å². The van der Waals surface area contributed by atoms with E-state index in [1.54, 1.807) is 0 Å². The van der Waals surface area contributed by atoms with E-state index in [0.717, 1.165) is 5.92 Å². The predicted octanol–water partition coefficient (Wildman–Crippen LogP) is 4.48. The number of rotatable bonds is 4. The Hall–Kier alpha value is -0.380. The average molecular weight is 325 g/mol. The SMILES string of the molecule is CCC1CCCCC1C(NN)c1cccc(Br)c1C. The second kappa shape index (κ2) is 6.87. The molecule has 0 spiro atoms. The maximum absolute atomic E-state index is 5.91. The molecule has 0 amide bonds. The molecular formula is C16H25BrN2. The standard InChI is InChI=1S/C16H25BrN2/c1-3-12-7-4-5-8-14(12)16(19-18)13-9-6-10-15(17)11(13)2/h6,9-10,12,14,16,19H,3-5,7-8,18H2,1-2H3. The van der Waals surface area contributed by atoms with Crippen LogP contribution in [0.4, 0.5) is 0 Å². The Balaban J connectivity index is 2.30. The molecule has 1 aromatic carbocycles. The summed E-state index contributed by atoms with van der Waals surface area (Å²) in [5.74, 6) is 7.37. The molecule has 106 valence electrons. The van der Waals surface area contributed by atoms with Crippen molar-refractivity contribution in [3.05, 3.63) is 33.8 Å². The molecule has 0 radical (unpaired) electrons. The van der Waals surface area contributed by atoms with Gasteiger partial charge in [-0.1, -0.05) is 60.7 Å². The highest BCUT2D eigenvalue weighted by molar-refractivity contribution is 9.10. The third-order valence-electron chi connectivity index (χ3n) is 4.74. The minimum atomic E-state index is 0.280. The Morgan fingerprint density at radius 1 is 1.37 bits per heavy atom. The van der Waals surface area contributed by atoms with Crippen molar-refractivity contribution in [2.24, 2.45) is 17.7 Å². The normalized spacial score (nSPS) is 25.3. The molecule has 3 heteroatoms. The van der Waals surface area contributed by atoms with E-state index in [0.29, 0.717) is 5.92 Å². The monoisotopic (exact) mass is 324 g/mol. The molecule has 1 aliphatic rings. The van der Waals surface area contributed by atoms with E-state index in [9.17, 15) is 0 Å². The van der Waals surface area contributed by atoms with Gasteiger partial charge in [0.05, 0.1) is 0 Å². The maximum Gasteiger partial charge on any atom is 0.0493 e. The van der Waals surface area contributed by atoms with Gasteiger partial charge in [-0.15, -0.1) is 0 Å². The first-order chi connectivity index (χ1) is 9.19. The van der Waals surface area contributed by atoms with Crippen molar-refractivity contribution in [3.8, 4) is 0 Å². The number of halogens is 1. The van der Waals surface area contributed by atoms with Crippen LogP contribution in [0.5, 0.6) is 0 Å². The lowest BCUT2D eigenvalue weighted by Crippen LogP contribution is -2.38. The van der Waals surface area contributed by atoms with E-state index in [1.807, 2.05) is 0 Å². The fourth-order valence-corrected chi connectivity index (χ4v) is 3.97. The van der Waals surface area contributed by atoms with E-state index >= 15 is 0 Å². The van der Waals surface area contributed by atoms with Gasteiger partial charge < -0.3 is 0 Å². The molecule has 1 aromatic rings. The number of hydrogen-bond acceptors (Lipinski definition) is 2. The van der Waals surface area contributed by atoms with Crippen molar-refractivity contribution in [2.45, 2.75) is 52.0 Å². The quantitative estimate of drug-likeness (QED) is 0.633. The average Bonchev–Trinajstić information content (AvgIpc) is 2.45. The van der Waals surface area contributed by atoms with Crippen LogP contribution in [-0.2, 0) is 0 Å². The van der Waals surface area contributed by atoms with Crippen molar-refractivity contribution < 1.29 is 0 Å². The van der Waals surface area contributed by atoms with Crippen LogP contribution in [0.1, 0.15) is 56.2 Å². The molecule has 3 atom stereocenters. The fourth-order valence-electron chi connectivity index (χ4n) is 3.59. The summed E-state index contributed by atoms with van der Waals surface area (Å²) >= 11 is 3.63. The molecule has 1 saturated carbocycles. The summed E-state index contributed by atoms with van der Waals surface area (Å²) in [6.45, 7) is 4.48. The topological polar surface area (TPSA) is 38.0 Å². The van der Waals surface area contributed by atoms with E-state index < -0.39 is 0 Å². The molecule has 3 N–H and O–H groups in total. The van der Waals surface area contributed by atoms with Crippen molar-refractivity contribution in [3.63, 3.8) is 0 Å². The Kier molecular flexibility index (Phi) is 5.43. The molecular weight excluding hydrogens is 300 g/mol. The van der Waals surface area contributed by atoms with Gasteiger partial charge >= 0.3 is 0 Å². The van der Waals surface area contributed by atoms with Crippen molar-refractivity contribution >= 4 is 15.9 Å². The Morgan fingerprint density at radius 2 is 2.11 bits per heavy atom. The van der Waals surface area contributed by atoms with Gasteiger partial charge in [0.2, 0.25) is 0 Å². The van der Waals surface area contributed by atoms with Gasteiger partial charge in [0.15, 0.2) is 0 Å². The molecule has 0 heterocycles. The number of hydrogen-bond donors (Lipinski definition) is 2. The van der Waals surface area contributed by atoms with E-state index in [-0.39, 0.29) is 6.04 Å². The van der Waals surface area contributed by atoms with Crippen LogP contribution < -0.4 is 11.3 Å². The number of nitrogens with one attached hydrogen (secondary N) is 1. The highest BCUT2D eigenvalue weighted by Gasteiger charge is 2.31. The van der Waals surface area contributed by atoms with Crippen LogP contribution in [0, 0.1) is 18.8 Å². The molecule has 0 aromatic heterocycles. The van der Waals surface area contributed by atoms with Gasteiger partial charge in [0, 0.05) is 10.5 Å². The van der Waals surface area contributed by atoms with Crippen LogP contribution in [0.2, 0.25) is 0 Å². The zero-order valence-corrected chi connectivity index (χ0v) is 13.5. The van der Waals surface area contributed by atoms with Crippen LogP contribution in [0.25, 0.3) is 0 Å². The van der Waals surface area contributed by atoms with Crippen LogP contribution in [0.15, 0.2) is 22.7 Å². The molecule has 3 unspecified atom stereocenters. The van der Waals surface area contributed by atoms with Gasteiger partial charge in [0.25, 0.3) is 0 Å². The molecule has 2 rings (SSSR count). The Labute approximate surface area is 125 Å². The lowest BCUT2D eigenvalue weighted by molar-refractivity contribution is 0.175. The van der Waals surface area contributed by atoms with Crippen molar-refractivity contribution in [2.75, 3.05) is 0 Å². The van der Waals surface area contributed by atoms with E-state index in [1.165, 1.54) is 47.7 Å². The highest BCUT2D eigenvalue weighted by Crippen LogP contribution is 2.41. The van der Waals surface area contributed by atoms with Gasteiger partial charge in [-0.2, -0.15) is 0 Å². The maximum atomic E-state index is 5.91. The summed E-state index contributed by atoms with van der Waals surface area (Å²) in [7, 11) is 0. The van der Waals surface area contributed by atoms with Crippen molar-refractivity contribution in [1.82, 2.24) is 5.43 Å². The molecule has 0 saturated heterocycles. The lowest BCUT2D eigenvalue weighted by atomic mass is 9.72. The molecule has 2 nitrogen and oxygen atoms in total. The second-order valence-electron chi connectivity index (χ2n) is 5.72. The zero-order valence-electron chi connectivity index (χ0n) is 12.0. The molecule has 0 bridgehead atoms. The van der Waals surface area contributed by atoms with Crippen LogP contribution >= 0.6 is 15.9 Å². The van der Waals surface area contributed by atoms with Gasteiger partial charge in [-0.05, 0) is 42.4 Å². The minimum absolute atomic E-state index is 0.280. The molecule has 0 aliphatic heterocycles. The second-order valence-corrected chi connectivity index (χ2v) is 6.57. The molecule has 1 aliphatic carbocycles. The number of benzene rings is 1. The molecule has 1 fully saturated rings. The number of hydrazine groups is 1. The minimum Gasteiger partial charge on any atom is -0.271 e. The molecule has 19 heavy (non-hydrogen) atoms. The van der Waals surface area contributed by atoms with Gasteiger partial charge in [0.1, 0.15) is 0 Å². The van der Waals surface area contributed by atoms with Crippen molar-refractivity contribution in [1.29, 1.82) is 0 Å². The summed E-state index contributed by atoms with van der Waals surface area (Å²) in [6.07, 6.45) is 6.62. The Bertz CT molecular complexity index is 419. The smallest absolute Gasteiger partial charge is 0.0493 e. The summed E-state index contributed by atoms with van der Waals surface area (Å²) in [5.41, 5.74) is 5.76. The first-order valence-electron chi connectivity index (χ1n) is 7.40. The lowest BCUT2D eigenvalue weighted by Gasteiger charge is -2.37. The van der Waals surface area contributed by atoms with Crippen LogP contribution in [-0.4, -0.2) is 0 Å². The third kappa shape index (κ3) is 3.21. The fraction of sp³-hybridized carbons (Fsp3) is 0.625. The summed E-state index contributed by atoms with van der Waals surface area (Å²) in [5, 5.41) is 0.